The van der Waals surface area contributed by atoms with E-state index in [4.69, 9.17) is 5.84 Å². The first-order valence-electron chi connectivity index (χ1n) is 5.53. The number of rotatable bonds is 6. The van der Waals surface area contributed by atoms with Crippen LogP contribution in [0.25, 0.3) is 0 Å². The Kier molecular flexibility index (Phi) is 5.75. The largest absolute Gasteiger partial charge is 0.271 e. The van der Waals surface area contributed by atoms with Crippen molar-refractivity contribution in [2.75, 3.05) is 5.75 Å². The third-order valence-corrected chi connectivity index (χ3v) is 4.72. The molecule has 1 unspecified atom stereocenters. The maximum absolute atomic E-state index is 5.57. The summed E-state index contributed by atoms with van der Waals surface area (Å²) >= 11 is 3.70. The molecule has 5 heteroatoms. The molecule has 0 bridgehead atoms. The van der Waals surface area contributed by atoms with Gasteiger partial charge in [0.15, 0.2) is 0 Å². The predicted octanol–water partition coefficient (Wildman–Crippen LogP) is 2.28. The molecule has 1 aromatic heterocycles. The minimum absolute atomic E-state index is 0.317. The first-order valence-corrected chi connectivity index (χ1v) is 7.40. The van der Waals surface area contributed by atoms with Gasteiger partial charge >= 0.3 is 0 Å². The highest BCUT2D eigenvalue weighted by molar-refractivity contribution is 7.99. The Balaban J connectivity index is 2.49. The van der Waals surface area contributed by atoms with Crippen molar-refractivity contribution < 1.29 is 0 Å². The molecule has 3 nitrogen and oxygen atoms in total. The molecule has 1 aromatic rings. The van der Waals surface area contributed by atoms with Crippen molar-refractivity contribution in [2.24, 2.45) is 5.84 Å². The molecule has 1 atom stereocenters. The molecule has 0 amide bonds. The zero-order chi connectivity index (χ0) is 12.1. The molecule has 0 fully saturated rings. The van der Waals surface area contributed by atoms with Crippen LogP contribution in [0.5, 0.6) is 0 Å². The number of nitrogens with zero attached hydrogens (tertiary/aromatic N) is 1. The zero-order valence-corrected chi connectivity index (χ0v) is 12.0. The van der Waals surface area contributed by atoms with Crippen LogP contribution in [0.15, 0.2) is 0 Å². The number of aryl methyl sites for hydroxylation is 2. The van der Waals surface area contributed by atoms with Gasteiger partial charge in [0.05, 0.1) is 10.7 Å². The molecule has 1 rings (SSSR count). The monoisotopic (exact) mass is 259 g/mol. The Morgan fingerprint density at radius 2 is 2.12 bits per heavy atom. The molecule has 92 valence electrons. The number of nitrogens with one attached hydrogen (secondary N) is 1. The summed E-state index contributed by atoms with van der Waals surface area (Å²) in [7, 11) is 0. The minimum Gasteiger partial charge on any atom is -0.271 e. The molecule has 0 aromatic carbocycles. The zero-order valence-electron chi connectivity index (χ0n) is 10.4. The van der Waals surface area contributed by atoms with E-state index >= 15 is 0 Å². The Morgan fingerprint density at radius 1 is 1.44 bits per heavy atom. The molecular weight excluding hydrogens is 238 g/mol. The molecule has 1 heterocycles. The quantitative estimate of drug-likeness (QED) is 0.608. The Hall–Kier alpha value is -0.100. The second kappa shape index (κ2) is 6.59. The summed E-state index contributed by atoms with van der Waals surface area (Å²) in [5.41, 5.74) is 4.03. The standard InChI is InChI=1S/C11H21N3S2/c1-7(2)15-6-10(14-12)5-11-13-8(3)9(4)16-11/h7,10,14H,5-6,12H2,1-4H3. The van der Waals surface area contributed by atoms with Crippen LogP contribution in [-0.4, -0.2) is 22.0 Å². The van der Waals surface area contributed by atoms with Crippen molar-refractivity contribution in [2.45, 2.75) is 45.4 Å². The summed E-state index contributed by atoms with van der Waals surface area (Å²) in [6, 6.07) is 0.317. The smallest absolute Gasteiger partial charge is 0.0947 e. The van der Waals surface area contributed by atoms with Crippen LogP contribution < -0.4 is 11.3 Å². The number of nitrogens with two attached hydrogens (primary N) is 1. The van der Waals surface area contributed by atoms with Crippen LogP contribution in [0.1, 0.15) is 29.4 Å². The van der Waals surface area contributed by atoms with E-state index in [0.717, 1.165) is 17.9 Å². The molecule has 0 spiro atoms. The minimum atomic E-state index is 0.317. The van der Waals surface area contributed by atoms with Gasteiger partial charge in [-0.2, -0.15) is 11.8 Å². The molecule has 0 aliphatic heterocycles. The molecule has 3 N–H and O–H groups in total. The normalized spacial score (nSPS) is 13.4. The molecular formula is C11H21N3S2. The SMILES string of the molecule is Cc1nc(CC(CSC(C)C)NN)sc1C. The van der Waals surface area contributed by atoms with Gasteiger partial charge < -0.3 is 0 Å². The van der Waals surface area contributed by atoms with Crippen LogP contribution in [0.4, 0.5) is 0 Å². The van der Waals surface area contributed by atoms with Crippen molar-refractivity contribution in [3.05, 3.63) is 15.6 Å². The van der Waals surface area contributed by atoms with Crippen molar-refractivity contribution in [1.82, 2.24) is 10.4 Å². The third-order valence-electron chi connectivity index (χ3n) is 2.36. The van der Waals surface area contributed by atoms with Crippen molar-refractivity contribution in [1.29, 1.82) is 0 Å². The molecule has 16 heavy (non-hydrogen) atoms. The topological polar surface area (TPSA) is 50.9 Å². The second-order valence-electron chi connectivity index (χ2n) is 4.20. The highest BCUT2D eigenvalue weighted by atomic mass is 32.2. The average Bonchev–Trinajstić information content (AvgIpc) is 2.52. The number of hydrazine groups is 1. The van der Waals surface area contributed by atoms with Gasteiger partial charge in [-0.25, -0.2) is 4.98 Å². The second-order valence-corrected chi connectivity index (χ2v) is 7.10. The van der Waals surface area contributed by atoms with Gasteiger partial charge in [-0.15, -0.1) is 11.3 Å². The van der Waals surface area contributed by atoms with Crippen LogP contribution >= 0.6 is 23.1 Å². The van der Waals surface area contributed by atoms with E-state index < -0.39 is 0 Å². The van der Waals surface area contributed by atoms with Gasteiger partial charge in [0.25, 0.3) is 0 Å². The van der Waals surface area contributed by atoms with E-state index in [-0.39, 0.29) is 0 Å². The lowest BCUT2D eigenvalue weighted by molar-refractivity contribution is 0.573. The average molecular weight is 259 g/mol. The van der Waals surface area contributed by atoms with Gasteiger partial charge in [-0.3, -0.25) is 11.3 Å². The first kappa shape index (κ1) is 14.0. The van der Waals surface area contributed by atoms with E-state index in [9.17, 15) is 0 Å². The molecule has 0 aliphatic rings. The number of hydrogen-bond acceptors (Lipinski definition) is 5. The summed E-state index contributed by atoms with van der Waals surface area (Å²) in [6.45, 7) is 8.58. The van der Waals surface area contributed by atoms with Gasteiger partial charge in [-0.05, 0) is 19.1 Å². The van der Waals surface area contributed by atoms with Gasteiger partial charge in [0.1, 0.15) is 0 Å². The maximum atomic E-state index is 5.57. The summed E-state index contributed by atoms with van der Waals surface area (Å²) in [4.78, 5) is 5.85. The highest BCUT2D eigenvalue weighted by Gasteiger charge is 2.12. The van der Waals surface area contributed by atoms with E-state index in [1.807, 2.05) is 11.8 Å². The number of thiazole rings is 1. The van der Waals surface area contributed by atoms with E-state index in [0.29, 0.717) is 11.3 Å². The Labute approximate surface area is 106 Å². The fourth-order valence-electron chi connectivity index (χ4n) is 1.31. The maximum Gasteiger partial charge on any atom is 0.0947 e. The van der Waals surface area contributed by atoms with Crippen LogP contribution in [0.3, 0.4) is 0 Å². The Bertz CT molecular complexity index is 304. The van der Waals surface area contributed by atoms with E-state index in [2.05, 4.69) is 38.1 Å². The lowest BCUT2D eigenvalue weighted by Crippen LogP contribution is -2.39. The van der Waals surface area contributed by atoms with Gasteiger partial charge in [0.2, 0.25) is 0 Å². The van der Waals surface area contributed by atoms with E-state index in [1.165, 1.54) is 9.88 Å². The van der Waals surface area contributed by atoms with Crippen molar-refractivity contribution in [3.8, 4) is 0 Å². The van der Waals surface area contributed by atoms with Crippen molar-refractivity contribution >= 4 is 23.1 Å². The molecule has 0 radical (unpaired) electrons. The molecule has 0 aliphatic carbocycles. The number of hydrogen-bond donors (Lipinski definition) is 2. The highest BCUT2D eigenvalue weighted by Crippen LogP contribution is 2.19. The molecule has 0 saturated carbocycles. The Morgan fingerprint density at radius 3 is 2.56 bits per heavy atom. The predicted molar refractivity (Wildman–Crippen MR) is 74.0 cm³/mol. The lowest BCUT2D eigenvalue weighted by atomic mass is 10.2. The summed E-state index contributed by atoms with van der Waals surface area (Å²) in [5, 5.41) is 1.83. The fraction of sp³-hybridized carbons (Fsp3) is 0.727. The van der Waals surface area contributed by atoms with Crippen molar-refractivity contribution in [3.63, 3.8) is 0 Å². The molecule has 0 saturated heterocycles. The fourth-order valence-corrected chi connectivity index (χ4v) is 3.16. The lowest BCUT2D eigenvalue weighted by Gasteiger charge is -2.15. The van der Waals surface area contributed by atoms with Crippen LogP contribution in [0, 0.1) is 13.8 Å². The third kappa shape index (κ3) is 4.41. The number of thioether (sulfide) groups is 1. The van der Waals surface area contributed by atoms with Crippen LogP contribution in [0.2, 0.25) is 0 Å². The van der Waals surface area contributed by atoms with E-state index in [1.54, 1.807) is 11.3 Å². The summed E-state index contributed by atoms with van der Waals surface area (Å²) in [6.07, 6.45) is 0.926. The number of aromatic nitrogens is 1. The first-order chi connectivity index (χ1) is 7.52. The summed E-state index contributed by atoms with van der Waals surface area (Å²) < 4.78 is 0. The van der Waals surface area contributed by atoms with Crippen LogP contribution in [-0.2, 0) is 6.42 Å². The van der Waals surface area contributed by atoms with Gasteiger partial charge in [0, 0.05) is 23.1 Å². The van der Waals surface area contributed by atoms with Gasteiger partial charge in [-0.1, -0.05) is 13.8 Å². The summed E-state index contributed by atoms with van der Waals surface area (Å²) in [5.74, 6) is 6.60.